The number of hydrogen-bond acceptors (Lipinski definition) is 2. The van der Waals surface area contributed by atoms with E-state index in [1.807, 2.05) is 48.8 Å². The van der Waals surface area contributed by atoms with Crippen LogP contribution >= 0.6 is 0 Å². The molecular weight excluding hydrogens is 270 g/mol. The lowest BCUT2D eigenvalue weighted by molar-refractivity contribution is 0.749. The molecule has 0 unspecified atom stereocenters. The standard InChI is InChI=1S/C19H17N3/c1-14-11-19(18-5-3-16(12-20)4-6-18)15(2)22(14)13-17-7-9-21-10-8-17/h3-11H,13H2,1-2H3. The van der Waals surface area contributed by atoms with Crippen molar-refractivity contribution >= 4 is 0 Å². The number of hydrogen-bond donors (Lipinski definition) is 0. The van der Waals surface area contributed by atoms with Crippen LogP contribution in [0, 0.1) is 25.2 Å². The maximum absolute atomic E-state index is 8.91. The zero-order valence-electron chi connectivity index (χ0n) is 12.7. The third-order valence-corrected chi connectivity index (χ3v) is 3.99. The molecule has 3 aromatic rings. The number of rotatable bonds is 3. The van der Waals surface area contributed by atoms with E-state index in [4.69, 9.17) is 5.26 Å². The lowest BCUT2D eigenvalue weighted by Gasteiger charge is -2.10. The van der Waals surface area contributed by atoms with Crippen molar-refractivity contribution in [3.8, 4) is 17.2 Å². The van der Waals surface area contributed by atoms with E-state index in [1.165, 1.54) is 22.5 Å². The summed E-state index contributed by atoms with van der Waals surface area (Å²) in [5.41, 5.74) is 6.76. The monoisotopic (exact) mass is 287 g/mol. The fourth-order valence-corrected chi connectivity index (χ4v) is 2.73. The molecule has 22 heavy (non-hydrogen) atoms. The fourth-order valence-electron chi connectivity index (χ4n) is 2.73. The van der Waals surface area contributed by atoms with Crippen LogP contribution < -0.4 is 0 Å². The van der Waals surface area contributed by atoms with Crippen LogP contribution in [0.15, 0.2) is 54.9 Å². The molecule has 0 radical (unpaired) electrons. The maximum atomic E-state index is 8.91. The summed E-state index contributed by atoms with van der Waals surface area (Å²) in [5, 5.41) is 8.91. The first kappa shape index (κ1) is 14.1. The van der Waals surface area contributed by atoms with E-state index < -0.39 is 0 Å². The van der Waals surface area contributed by atoms with Gasteiger partial charge in [0.15, 0.2) is 0 Å². The minimum Gasteiger partial charge on any atom is -0.344 e. The average Bonchev–Trinajstić information content (AvgIpc) is 2.84. The summed E-state index contributed by atoms with van der Waals surface area (Å²) in [7, 11) is 0. The van der Waals surface area contributed by atoms with Gasteiger partial charge in [0.25, 0.3) is 0 Å². The minimum atomic E-state index is 0.689. The Balaban J connectivity index is 1.97. The van der Waals surface area contributed by atoms with Crippen LogP contribution in [0.4, 0.5) is 0 Å². The van der Waals surface area contributed by atoms with Crippen LogP contribution in [0.1, 0.15) is 22.5 Å². The highest BCUT2D eigenvalue weighted by Gasteiger charge is 2.11. The lowest BCUT2D eigenvalue weighted by Crippen LogP contribution is -2.03. The Morgan fingerprint density at radius 3 is 2.36 bits per heavy atom. The van der Waals surface area contributed by atoms with Gasteiger partial charge < -0.3 is 4.57 Å². The van der Waals surface area contributed by atoms with Gasteiger partial charge >= 0.3 is 0 Å². The van der Waals surface area contributed by atoms with Gasteiger partial charge in [-0.15, -0.1) is 0 Å². The molecule has 0 amide bonds. The number of nitrogens with zero attached hydrogens (tertiary/aromatic N) is 3. The van der Waals surface area contributed by atoms with Crippen molar-refractivity contribution < 1.29 is 0 Å². The smallest absolute Gasteiger partial charge is 0.0991 e. The van der Waals surface area contributed by atoms with Crippen LogP contribution in [0.2, 0.25) is 0 Å². The molecule has 0 aliphatic heterocycles. The maximum Gasteiger partial charge on any atom is 0.0991 e. The number of nitriles is 1. The quantitative estimate of drug-likeness (QED) is 0.728. The van der Waals surface area contributed by atoms with Gasteiger partial charge in [-0.05, 0) is 55.3 Å². The Morgan fingerprint density at radius 1 is 1.05 bits per heavy atom. The second-order valence-electron chi connectivity index (χ2n) is 5.42. The topological polar surface area (TPSA) is 41.6 Å². The second kappa shape index (κ2) is 5.87. The first-order valence-electron chi connectivity index (χ1n) is 7.25. The van der Waals surface area contributed by atoms with Crippen molar-refractivity contribution in [2.45, 2.75) is 20.4 Å². The largest absolute Gasteiger partial charge is 0.344 e. The molecule has 0 aliphatic carbocycles. The van der Waals surface area contributed by atoms with Crippen molar-refractivity contribution in [1.82, 2.24) is 9.55 Å². The normalized spacial score (nSPS) is 10.4. The first-order chi connectivity index (χ1) is 10.7. The highest BCUT2D eigenvalue weighted by atomic mass is 15.0. The third-order valence-electron chi connectivity index (χ3n) is 3.99. The number of aryl methyl sites for hydroxylation is 1. The van der Waals surface area contributed by atoms with E-state index in [9.17, 15) is 0 Å². The van der Waals surface area contributed by atoms with Crippen LogP contribution in [0.5, 0.6) is 0 Å². The van der Waals surface area contributed by atoms with Gasteiger partial charge in [0.05, 0.1) is 11.6 Å². The van der Waals surface area contributed by atoms with Crippen LogP contribution in [0.3, 0.4) is 0 Å². The SMILES string of the molecule is Cc1cc(-c2ccc(C#N)cc2)c(C)n1Cc1ccncc1. The van der Waals surface area contributed by atoms with Crippen molar-refractivity contribution in [2.24, 2.45) is 0 Å². The molecule has 2 heterocycles. The number of pyridine rings is 1. The Kier molecular flexibility index (Phi) is 3.76. The van der Waals surface area contributed by atoms with Crippen molar-refractivity contribution in [1.29, 1.82) is 5.26 Å². The molecule has 3 rings (SSSR count). The van der Waals surface area contributed by atoms with Crippen molar-refractivity contribution in [3.63, 3.8) is 0 Å². The van der Waals surface area contributed by atoms with Gasteiger partial charge in [-0.1, -0.05) is 12.1 Å². The van der Waals surface area contributed by atoms with Gasteiger partial charge in [-0.25, -0.2) is 0 Å². The molecule has 0 saturated heterocycles. The predicted molar refractivity (Wildman–Crippen MR) is 87.4 cm³/mol. The number of aromatic nitrogens is 2. The van der Waals surface area contributed by atoms with E-state index in [1.54, 1.807) is 0 Å². The molecule has 0 N–H and O–H groups in total. The summed E-state index contributed by atoms with van der Waals surface area (Å²) < 4.78 is 2.31. The van der Waals surface area contributed by atoms with Gasteiger partial charge in [-0.2, -0.15) is 5.26 Å². The molecule has 3 heteroatoms. The molecule has 3 nitrogen and oxygen atoms in total. The Morgan fingerprint density at radius 2 is 1.73 bits per heavy atom. The summed E-state index contributed by atoms with van der Waals surface area (Å²) in [6.45, 7) is 5.11. The molecule has 0 spiro atoms. The molecular formula is C19H17N3. The molecule has 0 atom stereocenters. The Labute approximate surface area is 130 Å². The average molecular weight is 287 g/mol. The lowest BCUT2D eigenvalue weighted by atomic mass is 10.0. The van der Waals surface area contributed by atoms with E-state index in [0.29, 0.717) is 5.56 Å². The molecule has 0 saturated carbocycles. The van der Waals surface area contributed by atoms with Crippen LogP contribution in [-0.4, -0.2) is 9.55 Å². The molecule has 108 valence electrons. The summed E-state index contributed by atoms with van der Waals surface area (Å²) >= 11 is 0. The van der Waals surface area contributed by atoms with Gasteiger partial charge in [0, 0.05) is 35.9 Å². The van der Waals surface area contributed by atoms with Crippen LogP contribution in [0.25, 0.3) is 11.1 Å². The summed E-state index contributed by atoms with van der Waals surface area (Å²) in [6, 6.07) is 16.2. The molecule has 1 aromatic carbocycles. The summed E-state index contributed by atoms with van der Waals surface area (Å²) in [6.07, 6.45) is 3.65. The predicted octanol–water partition coefficient (Wildman–Crippen LogP) is 4.09. The van der Waals surface area contributed by atoms with E-state index in [-0.39, 0.29) is 0 Å². The van der Waals surface area contributed by atoms with Crippen LogP contribution in [-0.2, 0) is 6.54 Å². The minimum absolute atomic E-state index is 0.689. The van der Waals surface area contributed by atoms with E-state index >= 15 is 0 Å². The zero-order chi connectivity index (χ0) is 15.5. The summed E-state index contributed by atoms with van der Waals surface area (Å²) in [5.74, 6) is 0. The number of benzene rings is 1. The third kappa shape index (κ3) is 2.64. The zero-order valence-corrected chi connectivity index (χ0v) is 12.7. The molecule has 0 aliphatic rings. The highest BCUT2D eigenvalue weighted by molar-refractivity contribution is 5.68. The Bertz CT molecular complexity index is 822. The second-order valence-corrected chi connectivity index (χ2v) is 5.42. The first-order valence-corrected chi connectivity index (χ1v) is 7.25. The van der Waals surface area contributed by atoms with Gasteiger partial charge in [-0.3, -0.25) is 4.98 Å². The molecule has 2 aromatic heterocycles. The highest BCUT2D eigenvalue weighted by Crippen LogP contribution is 2.27. The van der Waals surface area contributed by atoms with Crippen molar-refractivity contribution in [3.05, 3.63) is 77.4 Å². The van der Waals surface area contributed by atoms with E-state index in [2.05, 4.69) is 35.5 Å². The summed E-state index contributed by atoms with van der Waals surface area (Å²) in [4.78, 5) is 4.07. The van der Waals surface area contributed by atoms with Gasteiger partial charge in [0.1, 0.15) is 0 Å². The molecule has 0 bridgehead atoms. The van der Waals surface area contributed by atoms with Gasteiger partial charge in [0.2, 0.25) is 0 Å². The Hall–Kier alpha value is -2.86. The van der Waals surface area contributed by atoms with Crippen molar-refractivity contribution in [2.75, 3.05) is 0 Å². The fraction of sp³-hybridized carbons (Fsp3) is 0.158. The van der Waals surface area contributed by atoms with E-state index in [0.717, 1.165) is 12.1 Å². The molecule has 0 fully saturated rings.